The van der Waals surface area contributed by atoms with Crippen LogP contribution in [0.15, 0.2) is 30.3 Å². The Morgan fingerprint density at radius 3 is 2.65 bits per heavy atom. The molecule has 4 nitrogen and oxygen atoms in total. The molecule has 1 aromatic heterocycles. The molecule has 0 saturated carbocycles. The number of anilines is 1. The second-order valence-corrected chi connectivity index (χ2v) is 5.39. The lowest BCUT2D eigenvalue weighted by atomic mass is 10.1. The minimum Gasteiger partial charge on any atom is -0.366 e. The first-order valence-electron chi connectivity index (χ1n) is 7.47. The van der Waals surface area contributed by atoms with Gasteiger partial charge in [0.15, 0.2) is 0 Å². The largest absolute Gasteiger partial charge is 0.366 e. The van der Waals surface area contributed by atoms with E-state index in [1.54, 1.807) is 0 Å². The highest BCUT2D eigenvalue weighted by atomic mass is 15.2. The summed E-state index contributed by atoms with van der Waals surface area (Å²) in [5.41, 5.74) is 3.62. The van der Waals surface area contributed by atoms with Gasteiger partial charge in [-0.25, -0.2) is 0 Å². The van der Waals surface area contributed by atoms with Crippen molar-refractivity contribution in [3.63, 3.8) is 0 Å². The van der Waals surface area contributed by atoms with E-state index in [4.69, 9.17) is 0 Å². The molecule has 0 bridgehead atoms. The van der Waals surface area contributed by atoms with Crippen molar-refractivity contribution in [3.8, 4) is 11.3 Å². The van der Waals surface area contributed by atoms with Gasteiger partial charge in [0, 0.05) is 12.1 Å². The lowest BCUT2D eigenvalue weighted by molar-refractivity contribution is 0.478. The zero-order valence-electron chi connectivity index (χ0n) is 11.9. The number of aromatic nitrogens is 2. The summed E-state index contributed by atoms with van der Waals surface area (Å²) in [5, 5.41) is 14.4. The number of nitrogens with one attached hydrogen (secondary N) is 3. The zero-order chi connectivity index (χ0) is 13.8. The highest BCUT2D eigenvalue weighted by Gasteiger charge is 2.14. The van der Waals surface area contributed by atoms with Crippen LogP contribution in [0, 0.1) is 0 Å². The standard InChI is InChI=1S/C16H22N4/c1-2-12-3-5-13(6-4-12)15-11-16(20-19-15)18-14-7-9-17-10-8-14/h3-6,11,14,17H,2,7-10H2,1H3,(H2,18,19,20). The van der Waals surface area contributed by atoms with Crippen LogP contribution in [0.4, 0.5) is 5.82 Å². The second kappa shape index (κ2) is 6.09. The summed E-state index contributed by atoms with van der Waals surface area (Å²) in [4.78, 5) is 0. The molecule has 0 unspecified atom stereocenters. The average Bonchev–Trinajstić information content (AvgIpc) is 2.97. The monoisotopic (exact) mass is 270 g/mol. The summed E-state index contributed by atoms with van der Waals surface area (Å²) in [7, 11) is 0. The van der Waals surface area contributed by atoms with E-state index < -0.39 is 0 Å². The van der Waals surface area contributed by atoms with Gasteiger partial charge in [0.25, 0.3) is 0 Å². The summed E-state index contributed by atoms with van der Waals surface area (Å²) in [6.07, 6.45) is 3.40. The number of rotatable bonds is 4. The fourth-order valence-corrected chi connectivity index (χ4v) is 2.64. The molecule has 2 heterocycles. The summed E-state index contributed by atoms with van der Waals surface area (Å²) >= 11 is 0. The van der Waals surface area contributed by atoms with Crippen LogP contribution in [0.3, 0.4) is 0 Å². The van der Waals surface area contributed by atoms with Gasteiger partial charge in [0.05, 0.1) is 5.69 Å². The molecule has 3 N–H and O–H groups in total. The van der Waals surface area contributed by atoms with Gasteiger partial charge in [-0.15, -0.1) is 0 Å². The Bertz CT molecular complexity index is 538. The van der Waals surface area contributed by atoms with Gasteiger partial charge < -0.3 is 10.6 Å². The van der Waals surface area contributed by atoms with Crippen molar-refractivity contribution in [2.45, 2.75) is 32.2 Å². The van der Waals surface area contributed by atoms with E-state index in [9.17, 15) is 0 Å². The minimum atomic E-state index is 0.537. The Morgan fingerprint density at radius 2 is 1.95 bits per heavy atom. The quantitative estimate of drug-likeness (QED) is 0.800. The van der Waals surface area contributed by atoms with Gasteiger partial charge in [-0.2, -0.15) is 5.10 Å². The minimum absolute atomic E-state index is 0.537. The number of hydrogen-bond donors (Lipinski definition) is 3. The Kier molecular flexibility index (Phi) is 4.02. The Morgan fingerprint density at radius 1 is 1.20 bits per heavy atom. The lowest BCUT2D eigenvalue weighted by Crippen LogP contribution is -2.35. The molecule has 0 amide bonds. The third-order valence-electron chi connectivity index (χ3n) is 3.94. The molecule has 1 aliphatic heterocycles. The van der Waals surface area contributed by atoms with Crippen molar-refractivity contribution >= 4 is 5.82 Å². The first-order chi connectivity index (χ1) is 9.85. The molecule has 1 fully saturated rings. The van der Waals surface area contributed by atoms with Gasteiger partial charge >= 0.3 is 0 Å². The summed E-state index contributed by atoms with van der Waals surface area (Å²) in [6.45, 7) is 4.35. The average molecular weight is 270 g/mol. The number of nitrogens with zero attached hydrogens (tertiary/aromatic N) is 1. The molecule has 1 aliphatic rings. The zero-order valence-corrected chi connectivity index (χ0v) is 11.9. The predicted octanol–water partition coefficient (Wildman–Crippen LogP) is 2.80. The summed E-state index contributed by atoms with van der Waals surface area (Å²) in [6, 6.07) is 11.3. The van der Waals surface area contributed by atoms with Crippen LogP contribution in [0.5, 0.6) is 0 Å². The molecule has 4 heteroatoms. The molecule has 2 aromatic rings. The van der Waals surface area contributed by atoms with Crippen molar-refractivity contribution in [2.75, 3.05) is 18.4 Å². The third kappa shape index (κ3) is 3.02. The van der Waals surface area contributed by atoms with E-state index in [0.29, 0.717) is 6.04 Å². The van der Waals surface area contributed by atoms with Crippen LogP contribution in [0.25, 0.3) is 11.3 Å². The molecule has 0 aliphatic carbocycles. The molecule has 20 heavy (non-hydrogen) atoms. The van der Waals surface area contributed by atoms with Gasteiger partial charge in [-0.05, 0) is 43.5 Å². The molecular formula is C16H22N4. The van der Waals surface area contributed by atoms with Gasteiger partial charge in [-0.1, -0.05) is 31.2 Å². The van der Waals surface area contributed by atoms with Gasteiger partial charge in [-0.3, -0.25) is 5.10 Å². The van der Waals surface area contributed by atoms with Crippen molar-refractivity contribution in [1.29, 1.82) is 0 Å². The maximum Gasteiger partial charge on any atom is 0.148 e. The first-order valence-corrected chi connectivity index (χ1v) is 7.47. The highest BCUT2D eigenvalue weighted by Crippen LogP contribution is 2.21. The van der Waals surface area contributed by atoms with Crippen LogP contribution in [0.1, 0.15) is 25.3 Å². The van der Waals surface area contributed by atoms with E-state index in [1.165, 1.54) is 11.1 Å². The predicted molar refractivity (Wildman–Crippen MR) is 82.9 cm³/mol. The first kappa shape index (κ1) is 13.2. The van der Waals surface area contributed by atoms with E-state index in [2.05, 4.69) is 58.1 Å². The van der Waals surface area contributed by atoms with Crippen molar-refractivity contribution in [3.05, 3.63) is 35.9 Å². The second-order valence-electron chi connectivity index (χ2n) is 5.39. The normalized spacial score (nSPS) is 16.2. The number of aromatic amines is 1. The van der Waals surface area contributed by atoms with E-state index in [-0.39, 0.29) is 0 Å². The van der Waals surface area contributed by atoms with Crippen LogP contribution >= 0.6 is 0 Å². The van der Waals surface area contributed by atoms with Crippen LogP contribution in [0.2, 0.25) is 0 Å². The fraction of sp³-hybridized carbons (Fsp3) is 0.438. The van der Waals surface area contributed by atoms with Crippen molar-refractivity contribution in [2.24, 2.45) is 0 Å². The molecule has 1 aromatic carbocycles. The summed E-state index contributed by atoms with van der Waals surface area (Å²) in [5.74, 6) is 0.950. The van der Waals surface area contributed by atoms with Crippen molar-refractivity contribution < 1.29 is 0 Å². The smallest absolute Gasteiger partial charge is 0.148 e. The maximum atomic E-state index is 4.37. The molecular weight excluding hydrogens is 248 g/mol. The number of H-pyrrole nitrogens is 1. The number of hydrogen-bond acceptors (Lipinski definition) is 3. The number of piperidine rings is 1. The molecule has 3 rings (SSSR count). The Labute approximate surface area is 120 Å². The number of aryl methyl sites for hydroxylation is 1. The fourth-order valence-electron chi connectivity index (χ4n) is 2.64. The molecule has 0 atom stereocenters. The van der Waals surface area contributed by atoms with Crippen molar-refractivity contribution in [1.82, 2.24) is 15.5 Å². The molecule has 0 radical (unpaired) electrons. The van der Waals surface area contributed by atoms with E-state index in [1.807, 2.05) is 0 Å². The maximum absolute atomic E-state index is 4.37. The van der Waals surface area contributed by atoms with Crippen LogP contribution in [-0.4, -0.2) is 29.3 Å². The van der Waals surface area contributed by atoms with Gasteiger partial charge in [0.1, 0.15) is 5.82 Å². The van der Waals surface area contributed by atoms with Crippen LogP contribution in [-0.2, 0) is 6.42 Å². The summed E-state index contributed by atoms with van der Waals surface area (Å²) < 4.78 is 0. The van der Waals surface area contributed by atoms with Gasteiger partial charge in [0.2, 0.25) is 0 Å². The number of benzene rings is 1. The Balaban J connectivity index is 1.68. The third-order valence-corrected chi connectivity index (χ3v) is 3.94. The molecule has 0 spiro atoms. The highest BCUT2D eigenvalue weighted by molar-refractivity contribution is 5.63. The molecule has 106 valence electrons. The Hall–Kier alpha value is -1.81. The van der Waals surface area contributed by atoms with Crippen LogP contribution < -0.4 is 10.6 Å². The molecule has 1 saturated heterocycles. The lowest BCUT2D eigenvalue weighted by Gasteiger charge is -2.23. The van der Waals surface area contributed by atoms with E-state index >= 15 is 0 Å². The topological polar surface area (TPSA) is 52.7 Å². The van der Waals surface area contributed by atoms with E-state index in [0.717, 1.165) is 43.9 Å². The SMILES string of the molecule is CCc1ccc(-c2cc(NC3CCNCC3)n[nH]2)cc1.